The molecular weight excluding hydrogens is 278 g/mol. The Hall–Kier alpha value is -1.82. The number of nitrogens with one attached hydrogen (secondary N) is 1. The molecule has 0 spiro atoms. The molecule has 20 heavy (non-hydrogen) atoms. The molecule has 6 nitrogen and oxygen atoms in total. The molecule has 2 rings (SSSR count). The first-order chi connectivity index (χ1) is 9.40. The molecule has 1 atom stereocenters. The van der Waals surface area contributed by atoms with Crippen LogP contribution >= 0.6 is 11.6 Å². The van der Waals surface area contributed by atoms with E-state index in [1.54, 1.807) is 28.6 Å². The zero-order chi connectivity index (χ0) is 14.9. The number of rotatable bonds is 4. The van der Waals surface area contributed by atoms with Crippen LogP contribution in [0.15, 0.2) is 18.6 Å². The Morgan fingerprint density at radius 1 is 1.40 bits per heavy atom. The van der Waals surface area contributed by atoms with E-state index in [1.165, 1.54) is 6.33 Å². The van der Waals surface area contributed by atoms with Crippen LogP contribution in [0.5, 0.6) is 0 Å². The average molecular weight is 296 g/mol. The van der Waals surface area contributed by atoms with Gasteiger partial charge >= 0.3 is 0 Å². The van der Waals surface area contributed by atoms with E-state index in [0.717, 1.165) is 5.82 Å². The molecule has 0 aliphatic carbocycles. The summed E-state index contributed by atoms with van der Waals surface area (Å²) in [6.45, 7) is 4.05. The van der Waals surface area contributed by atoms with E-state index >= 15 is 0 Å². The van der Waals surface area contributed by atoms with Crippen LogP contribution in [0.1, 0.15) is 36.2 Å². The lowest BCUT2D eigenvalue weighted by Gasteiger charge is -2.21. The molecule has 0 aliphatic heterocycles. The molecule has 2 aromatic rings. The van der Waals surface area contributed by atoms with Crippen LogP contribution in [0.25, 0.3) is 0 Å². The summed E-state index contributed by atoms with van der Waals surface area (Å²) < 4.78 is 3.37. The maximum atomic E-state index is 12.4. The normalized spacial score (nSPS) is 12.7. The smallest absolute Gasteiger partial charge is 0.268 e. The largest absolute Gasteiger partial charge is 0.345 e. The van der Waals surface area contributed by atoms with Crippen LogP contribution in [0, 0.1) is 5.92 Å². The number of halogens is 1. The minimum Gasteiger partial charge on any atom is -0.345 e. The van der Waals surface area contributed by atoms with Gasteiger partial charge in [0.05, 0.1) is 11.1 Å². The topological polar surface area (TPSA) is 64.7 Å². The Bertz CT molecular complexity index is 616. The van der Waals surface area contributed by atoms with Crippen LogP contribution in [0.2, 0.25) is 5.02 Å². The van der Waals surface area contributed by atoms with E-state index in [9.17, 15) is 4.79 Å². The summed E-state index contributed by atoms with van der Waals surface area (Å²) in [5.41, 5.74) is 0.516. The van der Waals surface area contributed by atoms with Crippen molar-refractivity contribution in [1.29, 1.82) is 0 Å². The molecule has 1 N–H and O–H groups in total. The Morgan fingerprint density at radius 3 is 2.55 bits per heavy atom. The molecule has 0 bridgehead atoms. The number of hydrogen-bond acceptors (Lipinski definition) is 3. The molecule has 0 saturated heterocycles. The molecule has 2 aromatic heterocycles. The highest BCUT2D eigenvalue weighted by Crippen LogP contribution is 2.20. The maximum absolute atomic E-state index is 12.4. The molecule has 0 saturated carbocycles. The molecule has 0 aromatic carbocycles. The first kappa shape index (κ1) is 14.6. The minimum absolute atomic E-state index is 0.180. The van der Waals surface area contributed by atoms with E-state index in [-0.39, 0.29) is 17.9 Å². The van der Waals surface area contributed by atoms with E-state index < -0.39 is 0 Å². The molecule has 0 aliphatic rings. The van der Waals surface area contributed by atoms with Gasteiger partial charge in [0.25, 0.3) is 5.91 Å². The van der Waals surface area contributed by atoms with Crippen molar-refractivity contribution in [3.05, 3.63) is 35.1 Å². The lowest BCUT2D eigenvalue weighted by Crippen LogP contribution is -2.34. The molecular formula is C13H18ClN5O. The number of amides is 1. The van der Waals surface area contributed by atoms with Crippen LogP contribution in [0.4, 0.5) is 0 Å². The Labute approximate surface area is 122 Å². The van der Waals surface area contributed by atoms with Gasteiger partial charge in [-0.05, 0) is 12.0 Å². The fourth-order valence-electron chi connectivity index (χ4n) is 2.08. The highest BCUT2D eigenvalue weighted by molar-refractivity contribution is 6.31. The maximum Gasteiger partial charge on any atom is 0.268 e. The SMILES string of the molecule is CC(C)[C@H](NC(=O)c1cc(Cl)cn1C)c1ncnn1C. The zero-order valence-electron chi connectivity index (χ0n) is 12.0. The molecule has 7 heteroatoms. The van der Waals surface area contributed by atoms with E-state index in [2.05, 4.69) is 15.4 Å². The predicted octanol–water partition coefficient (Wildman–Crippen LogP) is 1.93. The van der Waals surface area contributed by atoms with Gasteiger partial charge in [-0.3, -0.25) is 9.48 Å². The number of carbonyl (C=O) groups excluding carboxylic acids is 1. The highest BCUT2D eigenvalue weighted by atomic mass is 35.5. The number of hydrogen-bond donors (Lipinski definition) is 1. The van der Waals surface area contributed by atoms with Crippen LogP contribution < -0.4 is 5.32 Å². The second-order valence-corrected chi connectivity index (χ2v) is 5.53. The van der Waals surface area contributed by atoms with Crippen molar-refractivity contribution in [2.75, 3.05) is 0 Å². The molecule has 0 fully saturated rings. The van der Waals surface area contributed by atoms with Gasteiger partial charge in [0, 0.05) is 20.3 Å². The number of nitrogens with zero attached hydrogens (tertiary/aromatic N) is 4. The Morgan fingerprint density at radius 2 is 2.10 bits per heavy atom. The summed E-state index contributed by atoms with van der Waals surface area (Å²) >= 11 is 5.91. The van der Waals surface area contributed by atoms with E-state index in [4.69, 9.17) is 11.6 Å². The van der Waals surface area contributed by atoms with E-state index in [0.29, 0.717) is 10.7 Å². The molecule has 0 radical (unpaired) electrons. The van der Waals surface area contributed by atoms with Gasteiger partial charge in [0.15, 0.2) is 0 Å². The molecule has 108 valence electrons. The number of aryl methyl sites for hydroxylation is 2. The van der Waals surface area contributed by atoms with Crippen molar-refractivity contribution in [3.63, 3.8) is 0 Å². The predicted molar refractivity (Wildman–Crippen MR) is 76.5 cm³/mol. The quantitative estimate of drug-likeness (QED) is 0.937. The minimum atomic E-state index is -0.205. The van der Waals surface area contributed by atoms with Gasteiger partial charge in [0.2, 0.25) is 0 Å². The second-order valence-electron chi connectivity index (χ2n) is 5.09. The standard InChI is InChI=1S/C13H18ClN5O/c1-8(2)11(12-15-7-16-19(12)4)17-13(20)10-5-9(14)6-18(10)3/h5-8,11H,1-4H3,(H,17,20)/t11-/m0/s1. The summed E-state index contributed by atoms with van der Waals surface area (Å²) in [6, 6.07) is 1.44. The summed E-state index contributed by atoms with van der Waals surface area (Å²) in [5.74, 6) is 0.743. The first-order valence-electron chi connectivity index (χ1n) is 6.36. The first-order valence-corrected chi connectivity index (χ1v) is 6.74. The third-order valence-corrected chi connectivity index (χ3v) is 3.39. The van der Waals surface area contributed by atoms with Gasteiger partial charge in [-0.1, -0.05) is 25.4 Å². The molecule has 2 heterocycles. The van der Waals surface area contributed by atoms with Crippen molar-refractivity contribution in [3.8, 4) is 0 Å². The van der Waals surface area contributed by atoms with Gasteiger partial charge in [-0.25, -0.2) is 4.98 Å². The third kappa shape index (κ3) is 2.85. The van der Waals surface area contributed by atoms with Crippen LogP contribution in [-0.4, -0.2) is 25.2 Å². The summed E-state index contributed by atoms with van der Waals surface area (Å²) in [4.78, 5) is 16.6. The zero-order valence-corrected chi connectivity index (χ0v) is 12.7. The average Bonchev–Trinajstić information content (AvgIpc) is 2.91. The summed E-state index contributed by atoms with van der Waals surface area (Å²) in [7, 11) is 3.59. The van der Waals surface area contributed by atoms with Crippen molar-refractivity contribution in [1.82, 2.24) is 24.6 Å². The summed E-state index contributed by atoms with van der Waals surface area (Å²) in [6.07, 6.45) is 3.18. The fraction of sp³-hybridized carbons (Fsp3) is 0.462. The highest BCUT2D eigenvalue weighted by Gasteiger charge is 2.24. The number of aromatic nitrogens is 4. The van der Waals surface area contributed by atoms with Crippen LogP contribution in [-0.2, 0) is 14.1 Å². The second kappa shape index (κ2) is 5.66. The Balaban J connectivity index is 2.23. The third-order valence-electron chi connectivity index (χ3n) is 3.18. The van der Waals surface area contributed by atoms with Crippen molar-refractivity contribution in [2.45, 2.75) is 19.9 Å². The van der Waals surface area contributed by atoms with Gasteiger partial charge in [0.1, 0.15) is 17.8 Å². The van der Waals surface area contributed by atoms with Crippen molar-refractivity contribution >= 4 is 17.5 Å². The van der Waals surface area contributed by atoms with E-state index in [1.807, 2.05) is 20.9 Å². The lowest BCUT2D eigenvalue weighted by atomic mass is 10.0. The van der Waals surface area contributed by atoms with Crippen LogP contribution in [0.3, 0.4) is 0 Å². The molecule has 1 amide bonds. The number of carbonyl (C=O) groups is 1. The monoisotopic (exact) mass is 295 g/mol. The molecule has 0 unspecified atom stereocenters. The Kier molecular flexibility index (Phi) is 4.13. The van der Waals surface area contributed by atoms with Crippen molar-refractivity contribution < 1.29 is 4.79 Å². The van der Waals surface area contributed by atoms with Crippen molar-refractivity contribution in [2.24, 2.45) is 20.0 Å². The summed E-state index contributed by atoms with van der Waals surface area (Å²) in [5, 5.41) is 7.58. The fourth-order valence-corrected chi connectivity index (χ4v) is 2.33. The lowest BCUT2D eigenvalue weighted by molar-refractivity contribution is 0.0914. The van der Waals surface area contributed by atoms with Gasteiger partial charge < -0.3 is 9.88 Å². The van der Waals surface area contributed by atoms with Gasteiger partial charge in [-0.2, -0.15) is 5.10 Å². The van der Waals surface area contributed by atoms with Gasteiger partial charge in [-0.15, -0.1) is 0 Å².